The predicted octanol–water partition coefficient (Wildman–Crippen LogP) is 5.45. The summed E-state index contributed by atoms with van der Waals surface area (Å²) in [6.45, 7) is 5.52. The van der Waals surface area contributed by atoms with Crippen LogP contribution in [0.3, 0.4) is 0 Å². The second-order valence-corrected chi connectivity index (χ2v) is 11.3. The Morgan fingerprint density at radius 2 is 1.85 bits per heavy atom. The van der Waals surface area contributed by atoms with Crippen LogP contribution in [-0.2, 0) is 9.59 Å². The van der Waals surface area contributed by atoms with Gasteiger partial charge in [0, 0.05) is 55.5 Å². The Hall–Kier alpha value is -4.90. The molecular weight excluding hydrogens is 600 g/mol. The Labute approximate surface area is 276 Å². The Bertz CT molecular complexity index is 1620. The van der Waals surface area contributed by atoms with Gasteiger partial charge in [0.05, 0.1) is 22.9 Å². The number of carbonyl (C=O) groups is 2. The van der Waals surface area contributed by atoms with Crippen LogP contribution in [0.4, 0.5) is 17.5 Å². The monoisotopic (exact) mass is 640 g/mol. The van der Waals surface area contributed by atoms with E-state index in [0.717, 1.165) is 17.7 Å². The van der Waals surface area contributed by atoms with Crippen molar-refractivity contribution in [1.29, 1.82) is 5.26 Å². The first-order valence-electron chi connectivity index (χ1n) is 15.2. The maximum absolute atomic E-state index is 12.7. The fraction of sp³-hybridized carbons (Fsp3) is 0.343. The van der Waals surface area contributed by atoms with Crippen LogP contribution < -0.4 is 16.0 Å². The molecule has 1 aromatic heterocycles. The number of nitrogens with one attached hydrogen (secondary N) is 3. The molecule has 46 heavy (non-hydrogen) atoms. The number of aromatic nitrogens is 2. The second-order valence-electron chi connectivity index (χ2n) is 10.9. The molecule has 10 nitrogen and oxygen atoms in total. The minimum absolute atomic E-state index is 0.223. The van der Waals surface area contributed by atoms with Gasteiger partial charge in [-0.05, 0) is 70.3 Å². The Morgan fingerprint density at radius 3 is 2.52 bits per heavy atom. The number of amides is 2. The first-order valence-corrected chi connectivity index (χ1v) is 15.5. The largest absolute Gasteiger partial charge is 0.369 e. The highest BCUT2D eigenvalue weighted by Crippen LogP contribution is 2.30. The summed E-state index contributed by atoms with van der Waals surface area (Å²) in [7, 11) is 5.45. The van der Waals surface area contributed by atoms with Gasteiger partial charge in [-0.3, -0.25) is 9.59 Å². The van der Waals surface area contributed by atoms with E-state index in [-0.39, 0.29) is 11.8 Å². The third-order valence-corrected chi connectivity index (χ3v) is 7.08. The molecule has 3 aromatic rings. The molecule has 0 unspecified atom stereocenters. The number of rotatable bonds is 14. The van der Waals surface area contributed by atoms with Crippen molar-refractivity contribution in [1.82, 2.24) is 25.1 Å². The summed E-state index contributed by atoms with van der Waals surface area (Å²) in [6.07, 6.45) is 5.28. The van der Waals surface area contributed by atoms with E-state index in [1.807, 2.05) is 37.2 Å². The van der Waals surface area contributed by atoms with E-state index < -0.39 is 6.04 Å². The third-order valence-electron chi connectivity index (χ3n) is 6.85. The predicted molar refractivity (Wildman–Crippen MR) is 185 cm³/mol. The summed E-state index contributed by atoms with van der Waals surface area (Å²) >= 11 is 6.35. The van der Waals surface area contributed by atoms with Crippen molar-refractivity contribution >= 4 is 40.9 Å². The lowest BCUT2D eigenvalue weighted by molar-refractivity contribution is -0.135. The number of benzene rings is 2. The fourth-order valence-electron chi connectivity index (χ4n) is 4.14. The average molecular weight is 641 g/mol. The fourth-order valence-corrected chi connectivity index (χ4v) is 4.33. The molecule has 3 rings (SSSR count). The lowest BCUT2D eigenvalue weighted by Gasteiger charge is -2.23. The first-order chi connectivity index (χ1) is 22.1. The van der Waals surface area contributed by atoms with Crippen LogP contribution in [-0.4, -0.2) is 78.4 Å². The molecule has 0 fully saturated rings. The molecule has 11 heteroatoms. The van der Waals surface area contributed by atoms with Gasteiger partial charge in [0.1, 0.15) is 11.9 Å². The molecule has 0 aliphatic heterocycles. The zero-order chi connectivity index (χ0) is 33.5. The van der Waals surface area contributed by atoms with E-state index in [4.69, 9.17) is 26.8 Å². The summed E-state index contributed by atoms with van der Waals surface area (Å²) in [5.41, 5.74) is 3.35. The maximum atomic E-state index is 12.7. The van der Waals surface area contributed by atoms with Gasteiger partial charge in [0.15, 0.2) is 0 Å². The number of carbonyl (C=O) groups excluding carboxylic acids is 2. The third kappa shape index (κ3) is 10.9. The van der Waals surface area contributed by atoms with Crippen LogP contribution in [0.5, 0.6) is 0 Å². The molecule has 2 amide bonds. The minimum Gasteiger partial charge on any atom is -0.369 e. The molecule has 0 saturated carbocycles. The van der Waals surface area contributed by atoms with Crippen LogP contribution in [0.15, 0.2) is 60.7 Å². The molecule has 3 N–H and O–H groups in total. The molecule has 0 aliphatic rings. The SMILES string of the molecule is CCCNc1nc(Nc2ccc(C#N)cc2)nc(-c2cccc(Cl)c2)c1C#CCCCNC(=O)[C@H](C)N(C)C(=O)C=CCN(C)C. The number of nitriles is 1. The number of anilines is 3. The molecule has 0 spiro atoms. The average Bonchev–Trinajstić information content (AvgIpc) is 3.04. The van der Waals surface area contributed by atoms with E-state index in [2.05, 4.69) is 40.8 Å². The molecule has 0 saturated heterocycles. The normalized spacial score (nSPS) is 11.3. The lowest BCUT2D eigenvalue weighted by atomic mass is 10.1. The highest BCUT2D eigenvalue weighted by molar-refractivity contribution is 6.30. The van der Waals surface area contributed by atoms with Crippen molar-refractivity contribution in [3.8, 4) is 29.2 Å². The second kappa shape index (κ2) is 18.2. The zero-order valence-electron chi connectivity index (χ0n) is 27.0. The van der Waals surface area contributed by atoms with E-state index >= 15 is 0 Å². The standard InChI is InChI=1S/C35H41ClN8O2/c1-6-20-38-33-30(14-8-7-9-21-39-34(46)25(2)44(5)31(45)15-11-22-43(3)4)32(27-12-10-13-28(36)23-27)41-35(42-33)40-29-18-16-26(24-37)17-19-29/h10-13,15-19,23,25H,6-7,9,20-22H2,1-5H3,(H,39,46)(H2,38,40,41,42)/t25-/m0/s1. The van der Waals surface area contributed by atoms with Crippen molar-refractivity contribution in [2.45, 2.75) is 39.2 Å². The number of nitrogens with zero attached hydrogens (tertiary/aromatic N) is 5. The molecule has 0 radical (unpaired) electrons. The molecular formula is C35H41ClN8O2. The van der Waals surface area contributed by atoms with Gasteiger partial charge in [0.25, 0.3) is 0 Å². The summed E-state index contributed by atoms with van der Waals surface area (Å²) in [5.74, 6) is 7.00. The maximum Gasteiger partial charge on any atom is 0.246 e. The van der Waals surface area contributed by atoms with Crippen LogP contribution >= 0.6 is 11.6 Å². The van der Waals surface area contributed by atoms with Crippen molar-refractivity contribution in [2.75, 3.05) is 51.4 Å². The Balaban J connectivity index is 1.76. The molecule has 0 bridgehead atoms. The molecule has 2 aromatic carbocycles. The first kappa shape index (κ1) is 35.6. The van der Waals surface area contributed by atoms with Gasteiger partial charge in [-0.15, -0.1) is 0 Å². The van der Waals surface area contributed by atoms with Crippen molar-refractivity contribution in [3.63, 3.8) is 0 Å². The quantitative estimate of drug-likeness (QED) is 0.121. The smallest absolute Gasteiger partial charge is 0.246 e. The summed E-state index contributed by atoms with van der Waals surface area (Å²) < 4.78 is 0. The summed E-state index contributed by atoms with van der Waals surface area (Å²) in [6, 6.07) is 16.0. The molecule has 1 heterocycles. The zero-order valence-corrected chi connectivity index (χ0v) is 27.8. The minimum atomic E-state index is -0.608. The Morgan fingerprint density at radius 1 is 1.09 bits per heavy atom. The number of likely N-dealkylation sites (N-methyl/N-ethyl adjacent to an activating group) is 2. The topological polar surface area (TPSA) is 126 Å². The highest BCUT2D eigenvalue weighted by Gasteiger charge is 2.20. The van der Waals surface area contributed by atoms with Crippen LogP contribution in [0.25, 0.3) is 11.3 Å². The summed E-state index contributed by atoms with van der Waals surface area (Å²) in [5, 5.41) is 19.2. The van der Waals surface area contributed by atoms with Crippen molar-refractivity contribution < 1.29 is 9.59 Å². The van der Waals surface area contributed by atoms with Gasteiger partial charge in [-0.2, -0.15) is 10.2 Å². The van der Waals surface area contributed by atoms with Gasteiger partial charge in [-0.1, -0.05) is 48.6 Å². The molecule has 1 atom stereocenters. The van der Waals surface area contributed by atoms with E-state index in [1.54, 1.807) is 50.4 Å². The summed E-state index contributed by atoms with van der Waals surface area (Å²) in [4.78, 5) is 38.0. The van der Waals surface area contributed by atoms with Crippen molar-refractivity contribution in [2.24, 2.45) is 0 Å². The van der Waals surface area contributed by atoms with E-state index in [0.29, 0.717) is 66.1 Å². The van der Waals surface area contributed by atoms with Gasteiger partial charge >= 0.3 is 0 Å². The number of hydrogen-bond acceptors (Lipinski definition) is 8. The van der Waals surface area contributed by atoms with Crippen molar-refractivity contribution in [3.05, 3.63) is 76.8 Å². The molecule has 0 aliphatic carbocycles. The van der Waals surface area contributed by atoms with Gasteiger partial charge in [0.2, 0.25) is 17.8 Å². The van der Waals surface area contributed by atoms with E-state index in [9.17, 15) is 9.59 Å². The number of hydrogen-bond donors (Lipinski definition) is 3. The van der Waals surface area contributed by atoms with Gasteiger partial charge < -0.3 is 25.8 Å². The van der Waals surface area contributed by atoms with Crippen LogP contribution in [0.2, 0.25) is 5.02 Å². The highest BCUT2D eigenvalue weighted by atomic mass is 35.5. The number of unbranched alkanes of at least 4 members (excludes halogenated alkanes) is 1. The molecule has 240 valence electrons. The van der Waals surface area contributed by atoms with Crippen LogP contribution in [0.1, 0.15) is 44.2 Å². The lowest BCUT2D eigenvalue weighted by Crippen LogP contribution is -2.45. The Kier molecular flexibility index (Phi) is 14.0. The number of halogens is 1. The van der Waals surface area contributed by atoms with E-state index in [1.165, 1.54) is 11.0 Å². The van der Waals surface area contributed by atoms with Crippen LogP contribution in [0, 0.1) is 23.2 Å². The van der Waals surface area contributed by atoms with Gasteiger partial charge in [-0.25, -0.2) is 4.98 Å².